The number of hydrogen-bond donors (Lipinski definition) is 2. The van der Waals surface area contributed by atoms with E-state index in [1.807, 2.05) is 0 Å². The number of nitrogens with zero attached hydrogens (tertiary/aromatic N) is 1. The highest BCUT2D eigenvalue weighted by Crippen LogP contribution is 2.26. The van der Waals surface area contributed by atoms with E-state index >= 15 is 0 Å². The third kappa shape index (κ3) is 4.97. The average Bonchev–Trinajstić information content (AvgIpc) is 2.61. The van der Waals surface area contributed by atoms with Gasteiger partial charge in [0.05, 0.1) is 15.6 Å². The lowest BCUT2D eigenvalue weighted by atomic mass is 10.2. The Bertz CT molecular complexity index is 975. The van der Waals surface area contributed by atoms with E-state index in [2.05, 4.69) is 5.32 Å². The number of sulfonamides is 1. The van der Waals surface area contributed by atoms with Crippen molar-refractivity contribution in [3.8, 4) is 5.75 Å². The Morgan fingerprint density at radius 1 is 1.19 bits per heavy atom. The lowest BCUT2D eigenvalue weighted by molar-refractivity contribution is -0.119. The summed E-state index contributed by atoms with van der Waals surface area (Å²) in [5.74, 6) is -1.87. The van der Waals surface area contributed by atoms with E-state index in [1.54, 1.807) is 0 Å². The first-order valence-corrected chi connectivity index (χ1v) is 9.42. The maximum Gasteiger partial charge on any atom is 0.342 e. The van der Waals surface area contributed by atoms with Gasteiger partial charge in [-0.1, -0.05) is 23.7 Å². The summed E-state index contributed by atoms with van der Waals surface area (Å²) in [7, 11) is -0.957. The molecular formula is C17H17ClN2O6S. The van der Waals surface area contributed by atoms with Crippen molar-refractivity contribution in [2.45, 2.75) is 4.90 Å². The predicted octanol–water partition coefficient (Wildman–Crippen LogP) is 2.09. The Morgan fingerprint density at radius 3 is 2.48 bits per heavy atom. The Kier molecular flexibility index (Phi) is 6.42. The number of phenolic OH excluding ortho intramolecular Hbond substituents is 1. The molecule has 144 valence electrons. The van der Waals surface area contributed by atoms with E-state index in [1.165, 1.54) is 56.6 Å². The molecule has 0 saturated carbocycles. The van der Waals surface area contributed by atoms with Crippen LogP contribution in [0.25, 0.3) is 0 Å². The van der Waals surface area contributed by atoms with E-state index in [0.29, 0.717) is 0 Å². The molecule has 0 spiro atoms. The fourth-order valence-electron chi connectivity index (χ4n) is 2.01. The summed E-state index contributed by atoms with van der Waals surface area (Å²) in [4.78, 5) is 23.8. The number of hydrogen-bond acceptors (Lipinski definition) is 6. The van der Waals surface area contributed by atoms with E-state index in [4.69, 9.17) is 16.3 Å². The van der Waals surface area contributed by atoms with Crippen LogP contribution in [0.4, 0.5) is 5.69 Å². The number of carbonyl (C=O) groups is 2. The molecule has 0 aliphatic rings. The zero-order valence-corrected chi connectivity index (χ0v) is 16.0. The zero-order chi connectivity index (χ0) is 20.2. The standard InChI is InChI=1S/C17H17ClN2O6S/c1-20(2)27(24,25)11-7-8-13(18)14(9-11)19-16(22)10-26-17(23)12-5-3-4-6-15(12)21/h3-9,21H,10H2,1-2H3,(H,19,22). The molecule has 2 aromatic rings. The summed E-state index contributed by atoms with van der Waals surface area (Å²) < 4.78 is 30.2. The van der Waals surface area contributed by atoms with Crippen LogP contribution in [-0.2, 0) is 19.6 Å². The number of halogens is 1. The molecule has 1 amide bonds. The summed E-state index contributed by atoms with van der Waals surface area (Å²) in [5.41, 5.74) is -0.0226. The summed E-state index contributed by atoms with van der Waals surface area (Å²) in [6, 6.07) is 9.59. The van der Waals surface area contributed by atoms with Crippen molar-refractivity contribution in [2.24, 2.45) is 0 Å². The van der Waals surface area contributed by atoms with Crippen LogP contribution < -0.4 is 5.32 Å². The summed E-state index contributed by atoms with van der Waals surface area (Å²) >= 11 is 5.99. The number of anilines is 1. The second-order valence-corrected chi connectivity index (χ2v) is 8.13. The van der Waals surface area contributed by atoms with Crippen molar-refractivity contribution in [1.29, 1.82) is 0 Å². The number of nitrogens with one attached hydrogen (secondary N) is 1. The van der Waals surface area contributed by atoms with Crippen molar-refractivity contribution in [1.82, 2.24) is 4.31 Å². The van der Waals surface area contributed by atoms with Gasteiger partial charge in [-0.3, -0.25) is 4.79 Å². The van der Waals surface area contributed by atoms with Crippen LogP contribution in [0.15, 0.2) is 47.4 Å². The van der Waals surface area contributed by atoms with Crippen LogP contribution in [0, 0.1) is 0 Å². The number of benzene rings is 2. The molecule has 2 rings (SSSR count). The number of phenols is 1. The van der Waals surface area contributed by atoms with Crippen LogP contribution in [-0.4, -0.2) is 50.4 Å². The number of amides is 1. The van der Waals surface area contributed by atoms with Crippen molar-refractivity contribution in [3.63, 3.8) is 0 Å². The van der Waals surface area contributed by atoms with Crippen LogP contribution in [0.5, 0.6) is 5.75 Å². The highest BCUT2D eigenvalue weighted by molar-refractivity contribution is 7.89. The fourth-order valence-corrected chi connectivity index (χ4v) is 3.11. The van der Waals surface area contributed by atoms with Crippen LogP contribution in [0.2, 0.25) is 5.02 Å². The van der Waals surface area contributed by atoms with Gasteiger partial charge in [0.2, 0.25) is 10.0 Å². The highest BCUT2D eigenvalue weighted by Gasteiger charge is 2.20. The minimum absolute atomic E-state index is 0.0570. The average molecular weight is 413 g/mol. The molecule has 0 unspecified atom stereocenters. The van der Waals surface area contributed by atoms with Gasteiger partial charge in [-0.15, -0.1) is 0 Å². The topological polar surface area (TPSA) is 113 Å². The lowest BCUT2D eigenvalue weighted by Crippen LogP contribution is -2.23. The smallest absolute Gasteiger partial charge is 0.342 e. The van der Waals surface area contributed by atoms with Gasteiger partial charge in [-0.05, 0) is 30.3 Å². The number of ether oxygens (including phenoxy) is 1. The van der Waals surface area contributed by atoms with Gasteiger partial charge >= 0.3 is 5.97 Å². The van der Waals surface area contributed by atoms with E-state index in [9.17, 15) is 23.1 Å². The molecule has 0 saturated heterocycles. The summed E-state index contributed by atoms with van der Waals surface area (Å²) in [6.07, 6.45) is 0. The quantitative estimate of drug-likeness (QED) is 0.702. The van der Waals surface area contributed by atoms with Gasteiger partial charge in [0.15, 0.2) is 6.61 Å². The maximum absolute atomic E-state index is 12.2. The Labute approximate surface area is 161 Å². The molecule has 27 heavy (non-hydrogen) atoms. The zero-order valence-electron chi connectivity index (χ0n) is 14.5. The third-order valence-corrected chi connectivity index (χ3v) is 5.59. The van der Waals surface area contributed by atoms with Crippen molar-refractivity contribution in [3.05, 3.63) is 53.1 Å². The van der Waals surface area contributed by atoms with Crippen molar-refractivity contribution < 1.29 is 27.9 Å². The van der Waals surface area contributed by atoms with Crippen molar-refractivity contribution >= 4 is 39.2 Å². The van der Waals surface area contributed by atoms with E-state index < -0.39 is 28.5 Å². The predicted molar refractivity (Wildman–Crippen MR) is 99.3 cm³/mol. The van der Waals surface area contributed by atoms with Gasteiger partial charge in [-0.25, -0.2) is 17.5 Å². The summed E-state index contributed by atoms with van der Waals surface area (Å²) in [5, 5.41) is 12.1. The van der Waals surface area contributed by atoms with Gasteiger partial charge < -0.3 is 15.2 Å². The third-order valence-electron chi connectivity index (χ3n) is 3.45. The van der Waals surface area contributed by atoms with Gasteiger partial charge in [-0.2, -0.15) is 0 Å². The second-order valence-electron chi connectivity index (χ2n) is 5.57. The molecule has 0 radical (unpaired) electrons. The lowest BCUT2D eigenvalue weighted by Gasteiger charge is -2.14. The summed E-state index contributed by atoms with van der Waals surface area (Å²) in [6.45, 7) is -0.645. The van der Waals surface area contributed by atoms with Gasteiger partial charge in [0, 0.05) is 14.1 Å². The molecule has 8 nitrogen and oxygen atoms in total. The Morgan fingerprint density at radius 2 is 1.85 bits per heavy atom. The van der Waals surface area contributed by atoms with E-state index in [-0.39, 0.29) is 26.9 Å². The van der Waals surface area contributed by atoms with Crippen LogP contribution in [0.1, 0.15) is 10.4 Å². The molecule has 0 bridgehead atoms. The molecule has 2 aromatic carbocycles. The normalized spacial score (nSPS) is 11.3. The van der Waals surface area contributed by atoms with Crippen molar-refractivity contribution in [2.75, 3.05) is 26.0 Å². The molecule has 0 atom stereocenters. The number of rotatable bonds is 6. The van der Waals surface area contributed by atoms with Crippen LogP contribution in [0.3, 0.4) is 0 Å². The number of para-hydroxylation sites is 1. The monoisotopic (exact) mass is 412 g/mol. The van der Waals surface area contributed by atoms with Gasteiger partial charge in [0.1, 0.15) is 11.3 Å². The second kappa shape index (κ2) is 8.38. The number of aromatic hydroxyl groups is 1. The highest BCUT2D eigenvalue weighted by atomic mass is 35.5. The first-order chi connectivity index (χ1) is 12.6. The number of esters is 1. The molecule has 0 aliphatic carbocycles. The first kappa shape index (κ1) is 20.7. The fraction of sp³-hybridized carbons (Fsp3) is 0.176. The largest absolute Gasteiger partial charge is 0.507 e. The molecule has 0 aliphatic heterocycles. The Hall–Kier alpha value is -2.62. The molecule has 10 heteroatoms. The molecule has 2 N–H and O–H groups in total. The first-order valence-electron chi connectivity index (χ1n) is 7.60. The van der Waals surface area contributed by atoms with Gasteiger partial charge in [0.25, 0.3) is 5.91 Å². The molecule has 0 heterocycles. The van der Waals surface area contributed by atoms with Crippen LogP contribution >= 0.6 is 11.6 Å². The maximum atomic E-state index is 12.2. The minimum atomic E-state index is -3.71. The SMILES string of the molecule is CN(C)S(=O)(=O)c1ccc(Cl)c(NC(=O)COC(=O)c2ccccc2O)c1. The van der Waals surface area contributed by atoms with E-state index in [0.717, 1.165) is 4.31 Å². The number of carbonyl (C=O) groups excluding carboxylic acids is 2. The molecular weight excluding hydrogens is 396 g/mol. The minimum Gasteiger partial charge on any atom is -0.507 e. The Balaban J connectivity index is 2.08. The molecule has 0 aromatic heterocycles. The molecule has 0 fully saturated rings.